The van der Waals surface area contributed by atoms with Crippen molar-refractivity contribution in [2.45, 2.75) is 46.0 Å². The number of hydrogen-bond donors (Lipinski definition) is 0. The highest BCUT2D eigenvalue weighted by atomic mass is 15.1. The van der Waals surface area contributed by atoms with Crippen LogP contribution in [0.1, 0.15) is 62.6 Å². The third-order valence-corrected chi connectivity index (χ3v) is 9.76. The lowest BCUT2D eigenvalue weighted by molar-refractivity contribution is 0.973. The highest BCUT2D eigenvalue weighted by Crippen LogP contribution is 2.38. The van der Waals surface area contributed by atoms with Crippen LogP contribution in [0.3, 0.4) is 0 Å². The first-order chi connectivity index (χ1) is 25.7. The maximum absolute atomic E-state index is 2.39. The molecule has 0 N–H and O–H groups in total. The smallest absolute Gasteiger partial charge is 0.0467 e. The second-order valence-corrected chi connectivity index (χ2v) is 13.4. The largest absolute Gasteiger partial charge is 0.310 e. The zero-order valence-corrected chi connectivity index (χ0v) is 30.4. The van der Waals surface area contributed by atoms with Crippen LogP contribution in [0.4, 0.5) is 17.1 Å². The van der Waals surface area contributed by atoms with Crippen molar-refractivity contribution in [1.82, 2.24) is 0 Å². The minimum Gasteiger partial charge on any atom is -0.310 e. The van der Waals surface area contributed by atoms with Crippen LogP contribution in [0.2, 0.25) is 0 Å². The topological polar surface area (TPSA) is 3.24 Å². The normalized spacial score (nSPS) is 13.2. The van der Waals surface area contributed by atoms with Gasteiger partial charge in [0.2, 0.25) is 0 Å². The Morgan fingerprint density at radius 1 is 0.538 bits per heavy atom. The minimum atomic E-state index is 1.00. The summed E-state index contributed by atoms with van der Waals surface area (Å²) in [7, 11) is 0. The summed E-state index contributed by atoms with van der Waals surface area (Å²) in [4.78, 5) is 2.37. The van der Waals surface area contributed by atoms with Crippen LogP contribution in [0.25, 0.3) is 39.0 Å². The molecule has 0 saturated carbocycles. The molecule has 1 heteroatoms. The number of hydrogen-bond acceptors (Lipinski definition) is 1. The maximum Gasteiger partial charge on any atom is 0.0467 e. The van der Waals surface area contributed by atoms with Crippen molar-refractivity contribution in [1.29, 1.82) is 0 Å². The Kier molecular flexibility index (Phi) is 11.2. The highest BCUT2D eigenvalue weighted by Gasteiger charge is 2.15. The number of rotatable bonds is 12. The van der Waals surface area contributed by atoms with E-state index in [0.717, 1.165) is 49.2 Å². The molecule has 6 aromatic carbocycles. The van der Waals surface area contributed by atoms with Gasteiger partial charge in [-0.2, -0.15) is 0 Å². The van der Waals surface area contributed by atoms with Gasteiger partial charge in [0.15, 0.2) is 0 Å². The lowest BCUT2D eigenvalue weighted by atomic mass is 9.94. The Bertz CT molecular complexity index is 2180. The number of allylic oxidation sites excluding steroid dienone is 8. The van der Waals surface area contributed by atoms with Gasteiger partial charge in [-0.15, -0.1) is 0 Å². The van der Waals surface area contributed by atoms with Gasteiger partial charge in [0.1, 0.15) is 0 Å². The molecule has 1 aliphatic rings. The summed E-state index contributed by atoms with van der Waals surface area (Å²) in [5.41, 5.74) is 16.0. The summed E-state index contributed by atoms with van der Waals surface area (Å²) >= 11 is 0. The van der Waals surface area contributed by atoms with Crippen LogP contribution in [0.15, 0.2) is 188 Å². The molecule has 256 valence electrons. The van der Waals surface area contributed by atoms with Crippen LogP contribution in [-0.2, 0) is 0 Å². The Morgan fingerprint density at radius 2 is 1.13 bits per heavy atom. The van der Waals surface area contributed by atoms with Gasteiger partial charge in [0, 0.05) is 17.1 Å². The molecule has 1 nitrogen and oxygen atoms in total. The van der Waals surface area contributed by atoms with Crippen molar-refractivity contribution >= 4 is 33.8 Å². The van der Waals surface area contributed by atoms with Gasteiger partial charge < -0.3 is 4.90 Å². The average molecular weight is 674 g/mol. The van der Waals surface area contributed by atoms with Crippen LogP contribution < -0.4 is 4.90 Å². The second kappa shape index (κ2) is 16.9. The molecule has 0 aliphatic heterocycles. The standard InChI is InChI=1S/C51H47N/c1-3-15-46(41-21-12-7-13-22-41)37-47(16-4-2)44-25-27-45(28-26-44)48-23-14-24-51(38-48)52(49-33-29-42(30-34-49)39-17-8-5-9-18-39)50-35-31-43(32-36-50)40-19-10-6-11-20-40/h5,7-10,12-15,17-38H,3-4,6,11,16H2,1-2H3/b46-15-,47-37+. The Hall–Kier alpha value is -5.92. The lowest BCUT2D eigenvalue weighted by Gasteiger charge is -2.26. The van der Waals surface area contributed by atoms with Crippen LogP contribution >= 0.6 is 0 Å². The van der Waals surface area contributed by atoms with Crippen molar-refractivity contribution in [3.63, 3.8) is 0 Å². The third-order valence-electron chi connectivity index (χ3n) is 9.76. The molecule has 0 unspecified atom stereocenters. The fourth-order valence-corrected chi connectivity index (χ4v) is 7.08. The summed E-state index contributed by atoms with van der Waals surface area (Å²) < 4.78 is 0. The predicted molar refractivity (Wildman–Crippen MR) is 226 cm³/mol. The van der Waals surface area contributed by atoms with E-state index in [0.29, 0.717) is 0 Å². The molecule has 0 fully saturated rings. The lowest BCUT2D eigenvalue weighted by Crippen LogP contribution is -2.10. The first kappa shape index (κ1) is 34.5. The molecule has 0 saturated heterocycles. The summed E-state index contributed by atoms with van der Waals surface area (Å²) in [6, 6.07) is 57.4. The molecule has 0 radical (unpaired) electrons. The van der Waals surface area contributed by atoms with E-state index in [2.05, 4.69) is 207 Å². The van der Waals surface area contributed by atoms with Gasteiger partial charge in [0.25, 0.3) is 0 Å². The van der Waals surface area contributed by atoms with Crippen LogP contribution in [0, 0.1) is 0 Å². The van der Waals surface area contributed by atoms with Gasteiger partial charge in [-0.3, -0.25) is 0 Å². The highest BCUT2D eigenvalue weighted by molar-refractivity contribution is 5.86. The fourth-order valence-electron chi connectivity index (χ4n) is 7.08. The van der Waals surface area contributed by atoms with E-state index in [-0.39, 0.29) is 0 Å². The zero-order chi connectivity index (χ0) is 35.5. The molecule has 0 atom stereocenters. The van der Waals surface area contributed by atoms with Crippen LogP contribution in [0.5, 0.6) is 0 Å². The molecule has 1 aliphatic carbocycles. The van der Waals surface area contributed by atoms with Gasteiger partial charge in [-0.25, -0.2) is 0 Å². The molecular formula is C51H47N. The van der Waals surface area contributed by atoms with Crippen molar-refractivity contribution in [3.8, 4) is 22.3 Å². The van der Waals surface area contributed by atoms with Crippen molar-refractivity contribution in [2.75, 3.05) is 4.90 Å². The first-order valence-corrected chi connectivity index (χ1v) is 18.8. The van der Waals surface area contributed by atoms with Crippen molar-refractivity contribution in [3.05, 3.63) is 205 Å². The number of benzene rings is 6. The average Bonchev–Trinajstić information content (AvgIpc) is 3.22. The molecule has 6 aromatic rings. The van der Waals surface area contributed by atoms with E-state index in [4.69, 9.17) is 0 Å². The van der Waals surface area contributed by atoms with E-state index in [1.165, 1.54) is 55.7 Å². The molecule has 0 heterocycles. The molecule has 0 aromatic heterocycles. The number of nitrogens with zero attached hydrogens (tertiary/aromatic N) is 1. The van der Waals surface area contributed by atoms with Gasteiger partial charge in [0.05, 0.1) is 0 Å². The SMILES string of the molecule is CC/C=C(/C=C(\CCC)c1ccc(-c2cccc(N(c3ccc(C4=CCCC=C4)cc3)c3ccc(-c4ccccc4)cc3)c2)cc1)c1ccccc1. The molecule has 0 bridgehead atoms. The Labute approximate surface area is 310 Å². The fraction of sp³-hybridized carbons (Fsp3) is 0.137. The number of anilines is 3. The van der Waals surface area contributed by atoms with E-state index < -0.39 is 0 Å². The summed E-state index contributed by atoms with van der Waals surface area (Å²) in [6.45, 7) is 4.47. The van der Waals surface area contributed by atoms with E-state index in [1.807, 2.05) is 0 Å². The van der Waals surface area contributed by atoms with Crippen LogP contribution in [-0.4, -0.2) is 0 Å². The predicted octanol–water partition coefficient (Wildman–Crippen LogP) is 14.9. The van der Waals surface area contributed by atoms with E-state index in [9.17, 15) is 0 Å². The van der Waals surface area contributed by atoms with Crippen molar-refractivity contribution in [2.24, 2.45) is 0 Å². The summed E-state index contributed by atoms with van der Waals surface area (Å²) in [6.07, 6.45) is 17.0. The maximum atomic E-state index is 2.39. The molecular weight excluding hydrogens is 627 g/mol. The van der Waals surface area contributed by atoms with Gasteiger partial charge in [-0.05, 0) is 118 Å². The van der Waals surface area contributed by atoms with Gasteiger partial charge in [-0.1, -0.05) is 172 Å². The summed E-state index contributed by atoms with van der Waals surface area (Å²) in [5.74, 6) is 0. The first-order valence-electron chi connectivity index (χ1n) is 18.8. The van der Waals surface area contributed by atoms with E-state index >= 15 is 0 Å². The van der Waals surface area contributed by atoms with Gasteiger partial charge >= 0.3 is 0 Å². The third kappa shape index (κ3) is 8.17. The molecule has 7 rings (SSSR count). The Balaban J connectivity index is 1.22. The minimum absolute atomic E-state index is 1.00. The Morgan fingerprint density at radius 3 is 1.77 bits per heavy atom. The monoisotopic (exact) mass is 673 g/mol. The zero-order valence-electron chi connectivity index (χ0n) is 30.4. The molecule has 0 spiro atoms. The summed E-state index contributed by atoms with van der Waals surface area (Å²) in [5, 5.41) is 0. The quantitative estimate of drug-likeness (QED) is 0.117. The van der Waals surface area contributed by atoms with Crippen molar-refractivity contribution < 1.29 is 0 Å². The molecule has 52 heavy (non-hydrogen) atoms. The second-order valence-electron chi connectivity index (χ2n) is 13.4. The molecule has 0 amide bonds. The van der Waals surface area contributed by atoms with E-state index in [1.54, 1.807) is 0 Å².